The molecule has 0 amide bonds. The van der Waals surface area contributed by atoms with Crippen LogP contribution in [0.25, 0.3) is 11.0 Å². The highest BCUT2D eigenvalue weighted by Crippen LogP contribution is 2.45. The highest BCUT2D eigenvalue weighted by Gasteiger charge is 2.33. The quantitative estimate of drug-likeness (QED) is 0.633. The molecule has 2 aromatic rings. The predicted octanol–water partition coefficient (Wildman–Crippen LogP) is 5.83. The van der Waals surface area contributed by atoms with E-state index < -0.39 is 0 Å². The maximum atomic E-state index is 6.17. The summed E-state index contributed by atoms with van der Waals surface area (Å²) < 4.78 is 2.26. The third kappa shape index (κ3) is 2.43. The van der Waals surface area contributed by atoms with Gasteiger partial charge in [0.15, 0.2) is 0 Å². The van der Waals surface area contributed by atoms with Crippen molar-refractivity contribution in [3.8, 4) is 0 Å². The lowest BCUT2D eigenvalue weighted by atomic mass is 9.92. The zero-order valence-electron chi connectivity index (χ0n) is 11.6. The smallest absolute Gasteiger partial charge is 0.125 e. The lowest BCUT2D eigenvalue weighted by molar-refractivity contribution is 0.359. The van der Waals surface area contributed by atoms with Crippen LogP contribution in [0.15, 0.2) is 12.1 Å². The highest BCUT2D eigenvalue weighted by molar-refractivity contribution is 6.42. The Morgan fingerprint density at radius 3 is 2.60 bits per heavy atom. The van der Waals surface area contributed by atoms with Crippen molar-refractivity contribution in [3.63, 3.8) is 0 Å². The van der Waals surface area contributed by atoms with Gasteiger partial charge in [-0.1, -0.05) is 37.0 Å². The van der Waals surface area contributed by atoms with E-state index in [1.54, 1.807) is 0 Å². The number of imidazole rings is 1. The molecule has 3 rings (SSSR count). The fraction of sp³-hybridized carbons (Fsp3) is 0.533. The molecule has 1 aliphatic rings. The van der Waals surface area contributed by atoms with Gasteiger partial charge in [-0.25, -0.2) is 4.98 Å². The van der Waals surface area contributed by atoms with E-state index in [9.17, 15) is 0 Å². The number of hydrogen-bond donors (Lipinski definition) is 0. The minimum Gasteiger partial charge on any atom is -0.324 e. The minimum atomic E-state index is 0.376. The van der Waals surface area contributed by atoms with Crippen LogP contribution in [0.3, 0.4) is 0 Å². The van der Waals surface area contributed by atoms with Crippen molar-refractivity contribution in [2.75, 3.05) is 0 Å². The monoisotopic (exact) mass is 330 g/mol. The summed E-state index contributed by atoms with van der Waals surface area (Å²) in [7, 11) is 0. The first-order chi connectivity index (χ1) is 9.41. The molecule has 1 heterocycles. The summed E-state index contributed by atoms with van der Waals surface area (Å²) in [5.41, 5.74) is 2.29. The van der Waals surface area contributed by atoms with Gasteiger partial charge in [0.2, 0.25) is 0 Å². The Morgan fingerprint density at radius 1 is 1.30 bits per heavy atom. The molecule has 1 saturated carbocycles. The number of rotatable bonds is 2. The molecule has 20 heavy (non-hydrogen) atoms. The summed E-state index contributed by atoms with van der Waals surface area (Å²) in [6.45, 7) is 4.63. The molecule has 0 saturated heterocycles. The van der Waals surface area contributed by atoms with E-state index in [2.05, 4.69) is 23.4 Å². The number of hydrogen-bond acceptors (Lipinski definition) is 1. The molecule has 1 fully saturated rings. The second kappa shape index (κ2) is 5.08. The average Bonchev–Trinajstić information content (AvgIpc) is 2.90. The zero-order chi connectivity index (χ0) is 14.5. The van der Waals surface area contributed by atoms with Crippen molar-refractivity contribution < 1.29 is 0 Å². The Bertz CT molecular complexity index is 661. The molecule has 108 valence electrons. The highest BCUT2D eigenvalue weighted by atomic mass is 35.5. The second-order valence-corrected chi connectivity index (χ2v) is 7.43. The molecular weight excluding hydrogens is 315 g/mol. The van der Waals surface area contributed by atoms with E-state index in [0.717, 1.165) is 29.7 Å². The van der Waals surface area contributed by atoms with Crippen LogP contribution in [-0.2, 0) is 5.88 Å². The van der Waals surface area contributed by atoms with Gasteiger partial charge >= 0.3 is 0 Å². The van der Waals surface area contributed by atoms with Gasteiger partial charge in [0.1, 0.15) is 5.82 Å². The Kier molecular flexibility index (Phi) is 3.68. The molecule has 1 aliphatic carbocycles. The van der Waals surface area contributed by atoms with Gasteiger partial charge in [0.05, 0.1) is 27.0 Å². The lowest BCUT2D eigenvalue weighted by Crippen LogP contribution is -2.11. The van der Waals surface area contributed by atoms with Crippen molar-refractivity contribution in [1.29, 1.82) is 0 Å². The number of aromatic nitrogens is 2. The topological polar surface area (TPSA) is 17.8 Å². The van der Waals surface area contributed by atoms with Crippen LogP contribution in [-0.4, -0.2) is 9.55 Å². The van der Waals surface area contributed by atoms with Gasteiger partial charge in [0.25, 0.3) is 0 Å². The van der Waals surface area contributed by atoms with Crippen LogP contribution in [0.5, 0.6) is 0 Å². The minimum absolute atomic E-state index is 0.376. The molecule has 0 spiro atoms. The third-order valence-electron chi connectivity index (χ3n) is 4.23. The van der Waals surface area contributed by atoms with Crippen molar-refractivity contribution in [2.45, 2.75) is 45.0 Å². The largest absolute Gasteiger partial charge is 0.324 e. The first kappa shape index (κ1) is 14.5. The van der Waals surface area contributed by atoms with Crippen molar-refractivity contribution in [2.24, 2.45) is 5.41 Å². The molecule has 1 aromatic heterocycles. The van der Waals surface area contributed by atoms with Crippen LogP contribution in [0.4, 0.5) is 0 Å². The van der Waals surface area contributed by atoms with E-state index in [-0.39, 0.29) is 0 Å². The van der Waals surface area contributed by atoms with Gasteiger partial charge < -0.3 is 4.57 Å². The van der Waals surface area contributed by atoms with Crippen LogP contribution in [0, 0.1) is 5.41 Å². The standard InChI is InChI=1S/C15H17Cl3N2/c1-15(2)4-3-9(7-15)20-13-6-11(18)10(17)5-12(13)19-14(20)8-16/h5-6,9H,3-4,7-8H2,1-2H3. The molecule has 1 unspecified atom stereocenters. The number of halogens is 3. The Labute approximate surface area is 134 Å². The fourth-order valence-electron chi connectivity index (χ4n) is 3.26. The molecule has 1 aromatic carbocycles. The van der Waals surface area contributed by atoms with E-state index in [1.165, 1.54) is 6.42 Å². The van der Waals surface area contributed by atoms with Crippen LogP contribution in [0.1, 0.15) is 45.0 Å². The molecule has 1 atom stereocenters. The fourth-order valence-corrected chi connectivity index (χ4v) is 3.77. The first-order valence-corrected chi connectivity index (χ1v) is 8.12. The molecule has 2 nitrogen and oxygen atoms in total. The number of alkyl halides is 1. The van der Waals surface area contributed by atoms with Gasteiger partial charge in [-0.2, -0.15) is 0 Å². The molecule has 0 aliphatic heterocycles. The predicted molar refractivity (Wildman–Crippen MR) is 86.0 cm³/mol. The molecular formula is C15H17Cl3N2. The van der Waals surface area contributed by atoms with Crippen molar-refractivity contribution >= 4 is 45.8 Å². The maximum Gasteiger partial charge on any atom is 0.125 e. The lowest BCUT2D eigenvalue weighted by Gasteiger charge is -2.20. The maximum absolute atomic E-state index is 6.17. The Hall–Kier alpha value is -0.440. The van der Waals surface area contributed by atoms with E-state index in [0.29, 0.717) is 27.4 Å². The zero-order valence-corrected chi connectivity index (χ0v) is 13.9. The molecule has 0 bridgehead atoms. The summed E-state index contributed by atoms with van der Waals surface area (Å²) in [4.78, 5) is 4.61. The van der Waals surface area contributed by atoms with Crippen LogP contribution in [0.2, 0.25) is 10.0 Å². The normalized spacial score (nSPS) is 21.8. The summed E-state index contributed by atoms with van der Waals surface area (Å²) in [5.74, 6) is 1.31. The summed E-state index contributed by atoms with van der Waals surface area (Å²) >= 11 is 18.3. The Balaban J connectivity index is 2.15. The summed E-state index contributed by atoms with van der Waals surface area (Å²) in [6.07, 6.45) is 3.52. The van der Waals surface area contributed by atoms with Crippen molar-refractivity contribution in [1.82, 2.24) is 9.55 Å². The van der Waals surface area contributed by atoms with Gasteiger partial charge in [-0.15, -0.1) is 11.6 Å². The third-order valence-corrected chi connectivity index (χ3v) is 5.19. The second-order valence-electron chi connectivity index (χ2n) is 6.35. The van der Waals surface area contributed by atoms with E-state index >= 15 is 0 Å². The van der Waals surface area contributed by atoms with Crippen LogP contribution >= 0.6 is 34.8 Å². The first-order valence-electron chi connectivity index (χ1n) is 6.83. The molecule has 0 radical (unpaired) electrons. The number of fused-ring (bicyclic) bond motifs is 1. The summed E-state index contributed by atoms with van der Waals surface area (Å²) in [6, 6.07) is 4.18. The van der Waals surface area contributed by atoms with Crippen molar-refractivity contribution in [3.05, 3.63) is 28.0 Å². The molecule has 0 N–H and O–H groups in total. The molecule has 5 heteroatoms. The van der Waals surface area contributed by atoms with Gasteiger partial charge in [0, 0.05) is 6.04 Å². The summed E-state index contributed by atoms with van der Waals surface area (Å²) in [5, 5.41) is 1.11. The van der Waals surface area contributed by atoms with Crippen LogP contribution < -0.4 is 0 Å². The van der Waals surface area contributed by atoms with E-state index in [4.69, 9.17) is 34.8 Å². The van der Waals surface area contributed by atoms with Gasteiger partial charge in [-0.05, 0) is 36.8 Å². The van der Waals surface area contributed by atoms with Gasteiger partial charge in [-0.3, -0.25) is 0 Å². The number of benzene rings is 1. The SMILES string of the molecule is CC1(C)CCC(n2c(CCl)nc3cc(Cl)c(Cl)cc32)C1. The Morgan fingerprint density at radius 2 is 2.00 bits per heavy atom. The number of nitrogens with zero attached hydrogens (tertiary/aromatic N) is 2. The van der Waals surface area contributed by atoms with E-state index in [1.807, 2.05) is 12.1 Å². The average molecular weight is 332 g/mol.